The number of ether oxygens (including phenoxy) is 2. The molecule has 1 atom stereocenters. The molecule has 3 aliphatic carbocycles. The normalized spacial score (nSPS) is 15.9. The molecule has 0 aliphatic heterocycles. The van der Waals surface area contributed by atoms with Crippen molar-refractivity contribution in [3.8, 4) is 5.75 Å². The molecule has 0 amide bonds. The molecule has 1 unspecified atom stereocenters. The zero-order valence-corrected chi connectivity index (χ0v) is 22.8. The average molecular weight is 540 g/mol. The van der Waals surface area contributed by atoms with Gasteiger partial charge in [-0.15, -0.1) is 0 Å². The van der Waals surface area contributed by atoms with Crippen molar-refractivity contribution in [2.24, 2.45) is 0 Å². The zero-order valence-electron chi connectivity index (χ0n) is 22.8. The summed E-state index contributed by atoms with van der Waals surface area (Å²) in [6.07, 6.45) is 13.2. The number of allylic oxidation sites excluding steroid dienone is 6. The van der Waals surface area contributed by atoms with Gasteiger partial charge in [-0.05, 0) is 89.2 Å². The number of benzene rings is 3. The minimum Gasteiger partial charge on any atom is -0.457 e. The van der Waals surface area contributed by atoms with Crippen molar-refractivity contribution >= 4 is 29.4 Å². The van der Waals surface area contributed by atoms with Gasteiger partial charge in [0.25, 0.3) is 0 Å². The van der Waals surface area contributed by atoms with E-state index in [1.807, 2.05) is 36.4 Å². The molecule has 0 bridgehead atoms. The zero-order chi connectivity index (χ0) is 28.5. The lowest BCUT2D eigenvalue weighted by molar-refractivity contribution is -0.140. The van der Waals surface area contributed by atoms with Gasteiger partial charge >= 0.3 is 11.9 Å². The summed E-state index contributed by atoms with van der Waals surface area (Å²) in [5.74, 6) is -0.307. The first kappa shape index (κ1) is 26.1. The lowest BCUT2D eigenvalue weighted by Crippen LogP contribution is -2.25. The first-order valence-corrected chi connectivity index (χ1v) is 13.5. The summed E-state index contributed by atoms with van der Waals surface area (Å²) >= 11 is 0. The van der Waals surface area contributed by atoms with Gasteiger partial charge in [0.15, 0.2) is 0 Å². The van der Waals surface area contributed by atoms with Crippen LogP contribution in [0.3, 0.4) is 0 Å². The molecule has 6 rings (SSSR count). The third kappa shape index (κ3) is 4.98. The van der Waals surface area contributed by atoms with E-state index in [9.17, 15) is 9.59 Å². The van der Waals surface area contributed by atoms with Crippen LogP contribution in [0.4, 0.5) is 11.4 Å². The van der Waals surface area contributed by atoms with Crippen LogP contribution in [0.25, 0.3) is 6.08 Å². The van der Waals surface area contributed by atoms with E-state index >= 15 is 0 Å². The molecule has 5 heteroatoms. The van der Waals surface area contributed by atoms with Crippen molar-refractivity contribution in [3.63, 3.8) is 0 Å². The third-order valence-electron chi connectivity index (χ3n) is 7.53. The fourth-order valence-corrected chi connectivity index (χ4v) is 5.57. The van der Waals surface area contributed by atoms with Crippen molar-refractivity contribution < 1.29 is 19.1 Å². The van der Waals surface area contributed by atoms with Gasteiger partial charge in [-0.3, -0.25) is 0 Å². The fraction of sp³-hybridized carbons (Fsp3) is 0.111. The van der Waals surface area contributed by atoms with Gasteiger partial charge in [-0.1, -0.05) is 67.8 Å². The van der Waals surface area contributed by atoms with Crippen molar-refractivity contribution in [2.45, 2.75) is 25.9 Å². The van der Waals surface area contributed by atoms with E-state index < -0.39 is 11.9 Å². The highest BCUT2D eigenvalue weighted by molar-refractivity contribution is 5.87. The van der Waals surface area contributed by atoms with E-state index in [0.29, 0.717) is 11.3 Å². The number of carbonyl (C=O) groups excluding carboxylic acids is 2. The van der Waals surface area contributed by atoms with Crippen molar-refractivity contribution in [3.05, 3.63) is 155 Å². The van der Waals surface area contributed by atoms with Crippen LogP contribution in [0.1, 0.15) is 35.1 Å². The number of esters is 2. The van der Waals surface area contributed by atoms with Crippen LogP contribution in [0.5, 0.6) is 5.75 Å². The number of rotatable bonds is 8. The largest absolute Gasteiger partial charge is 0.457 e. The minimum atomic E-state index is -0.504. The summed E-state index contributed by atoms with van der Waals surface area (Å²) in [7, 11) is 0. The monoisotopic (exact) mass is 539 g/mol. The molecule has 3 aromatic rings. The predicted molar refractivity (Wildman–Crippen MR) is 162 cm³/mol. The molecule has 0 spiro atoms. The Labute approximate surface area is 239 Å². The number of carbonyl (C=O) groups is 2. The van der Waals surface area contributed by atoms with Gasteiger partial charge in [-0.25, -0.2) is 9.59 Å². The third-order valence-corrected chi connectivity index (χ3v) is 7.53. The Morgan fingerprint density at radius 2 is 1.68 bits per heavy atom. The highest BCUT2D eigenvalue weighted by Gasteiger charge is 2.34. The molecular weight excluding hydrogens is 510 g/mol. The predicted octanol–water partition coefficient (Wildman–Crippen LogP) is 7.65. The molecule has 202 valence electrons. The molecule has 0 radical (unpaired) electrons. The molecule has 0 saturated carbocycles. The standard InChI is InChI=1S/C36H29NO4/c1-4-33(38)41-30-18-16-29(17-19-30)37(28-14-8-24(9-15-28)22-40-36(39)23(2)3)32-21-13-27-11-10-25-6-5-7-26-12-20-31(32)35(27)34(25)26/h4-9,11-21,35H,1-2,10,22H2,3H3. The Kier molecular flexibility index (Phi) is 6.86. The van der Waals surface area contributed by atoms with Crippen LogP contribution in [-0.2, 0) is 27.4 Å². The van der Waals surface area contributed by atoms with Gasteiger partial charge in [0.1, 0.15) is 12.4 Å². The smallest absolute Gasteiger partial charge is 0.335 e. The Hall–Kier alpha value is -5.16. The summed E-state index contributed by atoms with van der Waals surface area (Å²) in [6.45, 7) is 8.92. The van der Waals surface area contributed by atoms with Crippen molar-refractivity contribution in [1.29, 1.82) is 0 Å². The summed E-state index contributed by atoms with van der Waals surface area (Å²) in [5, 5.41) is 0. The van der Waals surface area contributed by atoms with Gasteiger partial charge in [0, 0.05) is 28.9 Å². The molecule has 0 N–H and O–H groups in total. The summed E-state index contributed by atoms with van der Waals surface area (Å²) < 4.78 is 10.7. The lowest BCUT2D eigenvalue weighted by atomic mass is 9.70. The van der Waals surface area contributed by atoms with Crippen molar-refractivity contribution in [1.82, 2.24) is 0 Å². The van der Waals surface area contributed by atoms with Crippen LogP contribution in [-0.4, -0.2) is 11.9 Å². The Morgan fingerprint density at radius 1 is 0.951 bits per heavy atom. The topological polar surface area (TPSA) is 55.8 Å². The van der Waals surface area contributed by atoms with Gasteiger partial charge in [0.2, 0.25) is 0 Å². The summed E-state index contributed by atoms with van der Waals surface area (Å²) in [5.41, 5.74) is 10.7. The summed E-state index contributed by atoms with van der Waals surface area (Å²) in [4.78, 5) is 25.8. The Morgan fingerprint density at radius 3 is 2.39 bits per heavy atom. The van der Waals surface area contributed by atoms with E-state index in [1.54, 1.807) is 19.1 Å². The van der Waals surface area contributed by atoms with E-state index in [1.165, 1.54) is 27.8 Å². The SMILES string of the molecule is C=CC(=O)Oc1ccc(N(C2=C3C=Cc4cccc5c4C3C(=CC5)C=C2)c2ccc(COC(=O)C(=C)C)cc2)cc1. The van der Waals surface area contributed by atoms with Crippen LogP contribution in [0, 0.1) is 0 Å². The Bertz CT molecular complexity index is 1700. The number of hydrogen-bond donors (Lipinski definition) is 0. The van der Waals surface area contributed by atoms with Crippen LogP contribution in [0.15, 0.2) is 133 Å². The molecule has 3 aliphatic rings. The van der Waals surface area contributed by atoms with Crippen LogP contribution < -0.4 is 9.64 Å². The molecule has 3 aromatic carbocycles. The van der Waals surface area contributed by atoms with Gasteiger partial charge < -0.3 is 14.4 Å². The van der Waals surface area contributed by atoms with Crippen molar-refractivity contribution in [2.75, 3.05) is 4.90 Å². The average Bonchev–Trinajstić information content (AvgIpc) is 3.00. The quantitative estimate of drug-likeness (QED) is 0.167. The molecule has 0 saturated heterocycles. The Balaban J connectivity index is 1.42. The number of anilines is 2. The molecule has 5 nitrogen and oxygen atoms in total. The maximum absolute atomic E-state index is 11.9. The number of nitrogens with zero attached hydrogens (tertiary/aromatic N) is 1. The maximum Gasteiger partial charge on any atom is 0.335 e. The van der Waals surface area contributed by atoms with Crippen LogP contribution >= 0.6 is 0 Å². The molecule has 0 heterocycles. The minimum absolute atomic E-state index is 0.163. The van der Waals surface area contributed by atoms with Gasteiger partial charge in [-0.2, -0.15) is 0 Å². The highest BCUT2D eigenvalue weighted by atomic mass is 16.5. The van der Waals surface area contributed by atoms with Gasteiger partial charge in [0.05, 0.1) is 5.70 Å². The molecular formula is C36H29NO4. The first-order valence-electron chi connectivity index (χ1n) is 13.5. The summed E-state index contributed by atoms with van der Waals surface area (Å²) in [6, 6.07) is 21.9. The van der Waals surface area contributed by atoms with E-state index in [2.05, 4.69) is 66.6 Å². The fourth-order valence-electron chi connectivity index (χ4n) is 5.57. The highest BCUT2D eigenvalue weighted by Crippen LogP contribution is 2.49. The van der Waals surface area contributed by atoms with E-state index in [4.69, 9.17) is 9.47 Å². The maximum atomic E-state index is 11.9. The molecule has 41 heavy (non-hydrogen) atoms. The molecule has 0 fully saturated rings. The second kappa shape index (κ2) is 10.8. The number of hydrogen-bond acceptors (Lipinski definition) is 5. The van der Waals surface area contributed by atoms with E-state index in [-0.39, 0.29) is 12.5 Å². The second-order valence-electron chi connectivity index (χ2n) is 10.2. The first-order chi connectivity index (χ1) is 19.9. The van der Waals surface area contributed by atoms with E-state index in [0.717, 1.165) is 35.1 Å². The second-order valence-corrected chi connectivity index (χ2v) is 10.2. The lowest BCUT2D eigenvalue weighted by Gasteiger charge is -2.38. The molecule has 0 aromatic heterocycles. The van der Waals surface area contributed by atoms with Crippen LogP contribution in [0.2, 0.25) is 0 Å².